The maximum Gasteiger partial charge on any atom is 0.251 e. The molecule has 4 aromatic rings. The third-order valence-electron chi connectivity index (χ3n) is 15.5. The predicted octanol–water partition coefficient (Wildman–Crippen LogP) is 10.3. The summed E-state index contributed by atoms with van der Waals surface area (Å²) >= 11 is 12.4. The fraction of sp³-hybridized carbons (Fsp3) is 0.482. The number of halogens is 2. The third-order valence-corrected chi connectivity index (χ3v) is 16.1. The zero-order valence-electron chi connectivity index (χ0n) is 41.5. The number of aliphatic hydroxyl groups excluding tert-OH is 1. The van der Waals surface area contributed by atoms with Gasteiger partial charge in [-0.05, 0) is 104 Å². The van der Waals surface area contributed by atoms with E-state index in [9.17, 15) is 19.5 Å². The molecule has 0 atom stereocenters. The molecule has 14 heteroatoms. The van der Waals surface area contributed by atoms with Crippen LogP contribution in [0.2, 0.25) is 10.0 Å². The van der Waals surface area contributed by atoms with Crippen molar-refractivity contribution in [3.8, 4) is 23.6 Å². The van der Waals surface area contributed by atoms with Crippen molar-refractivity contribution in [3.05, 3.63) is 117 Å². The molecular weight excluding hydrogens is 924 g/mol. The fourth-order valence-corrected chi connectivity index (χ4v) is 12.4. The van der Waals surface area contributed by atoms with Gasteiger partial charge in [-0.3, -0.25) is 9.59 Å². The minimum atomic E-state index is -0.317. The summed E-state index contributed by atoms with van der Waals surface area (Å²) in [7, 11) is 0. The highest BCUT2D eigenvalue weighted by molar-refractivity contribution is 6.32. The topological polar surface area (TPSA) is 168 Å². The normalized spacial score (nSPS) is 23.1. The van der Waals surface area contributed by atoms with E-state index in [1.54, 1.807) is 36.4 Å². The van der Waals surface area contributed by atoms with Gasteiger partial charge in [0, 0.05) is 107 Å². The minimum Gasteiger partial charge on any atom is -0.489 e. The standard InChI is InChI=1S/C28H34ClN3O3.C28H32ClN3O3/c2*1-27(2)25(28(3,4)26(27)35-22-10-7-20(16-30)23(29)15-22)31-24(34)19-5-8-21(9-6-19)32-13-11-18(17-33)12-14-32/h5-10,15,18,25-26,33H,11-14,17H2,1-4H3,(H,31,34);5-10,15,17-18,25-26H,11-14H2,1-4H3,(H,31,34). The maximum atomic E-state index is 13.1. The zero-order chi connectivity index (χ0) is 50.8. The number of amides is 2. The summed E-state index contributed by atoms with van der Waals surface area (Å²) in [5.41, 5.74) is 3.00. The molecule has 2 amide bonds. The van der Waals surface area contributed by atoms with Crippen LogP contribution in [-0.4, -0.2) is 80.3 Å². The van der Waals surface area contributed by atoms with E-state index < -0.39 is 0 Å². The summed E-state index contributed by atoms with van der Waals surface area (Å²) in [6.07, 6.45) is 4.48. The quantitative estimate of drug-likeness (QED) is 0.116. The number of nitriles is 2. The van der Waals surface area contributed by atoms with E-state index in [4.69, 9.17) is 43.2 Å². The van der Waals surface area contributed by atoms with Crippen LogP contribution >= 0.6 is 23.2 Å². The Kier molecular flexibility index (Phi) is 15.5. The van der Waals surface area contributed by atoms with Crippen LogP contribution < -0.4 is 29.9 Å². The van der Waals surface area contributed by atoms with Gasteiger partial charge in [0.05, 0.1) is 21.2 Å². The molecule has 3 N–H and O–H groups in total. The summed E-state index contributed by atoms with van der Waals surface area (Å²) in [4.78, 5) is 41.8. The van der Waals surface area contributed by atoms with Crippen LogP contribution in [-0.2, 0) is 4.79 Å². The lowest BCUT2D eigenvalue weighted by Crippen LogP contribution is -2.74. The number of nitrogens with zero attached hydrogens (tertiary/aromatic N) is 4. The Morgan fingerprint density at radius 2 is 0.986 bits per heavy atom. The predicted molar refractivity (Wildman–Crippen MR) is 275 cm³/mol. The summed E-state index contributed by atoms with van der Waals surface area (Å²) in [5.74, 6) is 1.57. The number of nitrogens with one attached hydrogen (secondary N) is 2. The van der Waals surface area contributed by atoms with Gasteiger partial charge in [-0.1, -0.05) is 78.6 Å². The molecule has 4 aliphatic rings. The van der Waals surface area contributed by atoms with Gasteiger partial charge in [-0.2, -0.15) is 10.5 Å². The first-order valence-corrected chi connectivity index (χ1v) is 25.0. The van der Waals surface area contributed by atoms with Crippen molar-refractivity contribution in [1.29, 1.82) is 10.5 Å². The first kappa shape index (κ1) is 52.0. The number of anilines is 2. The fourth-order valence-electron chi connectivity index (χ4n) is 11.9. The van der Waals surface area contributed by atoms with Gasteiger partial charge in [0.1, 0.15) is 42.1 Å². The van der Waals surface area contributed by atoms with Gasteiger partial charge in [0.25, 0.3) is 11.8 Å². The van der Waals surface area contributed by atoms with Gasteiger partial charge >= 0.3 is 0 Å². The van der Waals surface area contributed by atoms with Crippen LogP contribution in [0.4, 0.5) is 11.4 Å². The number of benzene rings is 4. The van der Waals surface area contributed by atoms with Gasteiger partial charge in [-0.25, -0.2) is 0 Å². The van der Waals surface area contributed by atoms with Gasteiger partial charge in [-0.15, -0.1) is 0 Å². The number of piperidine rings is 2. The number of ether oxygens (including phenoxy) is 2. The molecule has 0 aromatic heterocycles. The summed E-state index contributed by atoms with van der Waals surface area (Å²) in [6, 6.07) is 29.6. The Labute approximate surface area is 423 Å². The Morgan fingerprint density at radius 1 is 0.629 bits per heavy atom. The molecule has 0 bridgehead atoms. The lowest BCUT2D eigenvalue weighted by molar-refractivity contribution is -0.164. The Bertz CT molecular complexity index is 2590. The third kappa shape index (κ3) is 10.6. The van der Waals surface area contributed by atoms with Crippen molar-refractivity contribution in [2.75, 3.05) is 42.6 Å². The van der Waals surface area contributed by atoms with Crippen LogP contribution in [0.5, 0.6) is 11.5 Å². The molecule has 2 saturated carbocycles. The summed E-state index contributed by atoms with van der Waals surface area (Å²) in [6.45, 7) is 20.5. The number of hydrogen-bond donors (Lipinski definition) is 3. The van der Waals surface area contributed by atoms with E-state index in [0.717, 1.165) is 69.5 Å². The van der Waals surface area contributed by atoms with Gasteiger partial charge < -0.3 is 39.8 Å². The van der Waals surface area contributed by atoms with Crippen molar-refractivity contribution >= 4 is 52.7 Å². The highest BCUT2D eigenvalue weighted by atomic mass is 35.5. The van der Waals surface area contributed by atoms with E-state index in [1.807, 2.05) is 48.5 Å². The van der Waals surface area contributed by atoms with Gasteiger partial charge in [0.2, 0.25) is 0 Å². The second kappa shape index (κ2) is 20.9. The first-order valence-electron chi connectivity index (χ1n) is 24.3. The number of carbonyl (C=O) groups is 3. The zero-order valence-corrected chi connectivity index (χ0v) is 43.0. The SMILES string of the molecule is CC1(C)C(NC(=O)c2ccc(N3CCC(C=O)CC3)cc2)C(C)(C)C1Oc1ccc(C#N)c(Cl)c1.CC1(C)C(NC(=O)c2ccc(N3CCC(CO)CC3)cc2)C(C)(C)C1Oc1ccc(C#N)c(Cl)c1. The number of aldehydes is 1. The first-order chi connectivity index (χ1) is 33.1. The minimum absolute atomic E-state index is 0.0847. The molecule has 12 nitrogen and oxygen atoms in total. The molecule has 2 aliphatic carbocycles. The number of carbonyl (C=O) groups excluding carboxylic acids is 3. The molecule has 0 unspecified atom stereocenters. The van der Waals surface area contributed by atoms with Crippen LogP contribution in [0, 0.1) is 56.2 Å². The highest BCUT2D eigenvalue weighted by Gasteiger charge is 2.65. The molecule has 2 aliphatic heterocycles. The molecule has 8 rings (SSSR count). The lowest BCUT2D eigenvalue weighted by atomic mass is 9.49. The summed E-state index contributed by atoms with van der Waals surface area (Å²) < 4.78 is 12.6. The molecule has 2 heterocycles. The molecule has 0 spiro atoms. The van der Waals surface area contributed by atoms with E-state index in [0.29, 0.717) is 49.7 Å². The van der Waals surface area contributed by atoms with Gasteiger partial charge in [0.15, 0.2) is 0 Å². The smallest absolute Gasteiger partial charge is 0.251 e. The average molecular weight is 990 g/mol. The lowest BCUT2D eigenvalue weighted by Gasteiger charge is -2.63. The largest absolute Gasteiger partial charge is 0.489 e. The van der Waals surface area contributed by atoms with E-state index in [2.05, 4.69) is 88.0 Å². The van der Waals surface area contributed by atoms with Crippen molar-refractivity contribution in [1.82, 2.24) is 10.6 Å². The molecule has 4 fully saturated rings. The van der Waals surface area contributed by atoms with Crippen molar-refractivity contribution < 1.29 is 29.0 Å². The second-order valence-corrected chi connectivity index (χ2v) is 22.6. The molecule has 2 saturated heterocycles. The number of rotatable bonds is 12. The molecule has 0 radical (unpaired) electrons. The Morgan fingerprint density at radius 3 is 1.30 bits per heavy atom. The monoisotopic (exact) mass is 988 g/mol. The Balaban J connectivity index is 0.000000206. The van der Waals surface area contributed by atoms with Crippen molar-refractivity contribution in [3.63, 3.8) is 0 Å². The Hall–Kier alpha value is -5.79. The van der Waals surface area contributed by atoms with Crippen molar-refractivity contribution in [2.45, 2.75) is 105 Å². The average Bonchev–Trinajstić information content (AvgIpc) is 3.35. The number of hydrogen-bond acceptors (Lipinski definition) is 10. The molecule has 370 valence electrons. The van der Waals surface area contributed by atoms with E-state index in [-0.39, 0.29) is 70.3 Å². The maximum absolute atomic E-state index is 13.1. The molecule has 4 aromatic carbocycles. The molecular formula is C56H66Cl2N6O6. The van der Waals surface area contributed by atoms with Crippen LogP contribution in [0.25, 0.3) is 0 Å². The summed E-state index contributed by atoms with van der Waals surface area (Å²) in [5, 5.41) is 34.8. The second-order valence-electron chi connectivity index (χ2n) is 21.8. The van der Waals surface area contributed by atoms with Crippen LogP contribution in [0.1, 0.15) is 113 Å². The van der Waals surface area contributed by atoms with Crippen LogP contribution in [0.3, 0.4) is 0 Å². The highest BCUT2D eigenvalue weighted by Crippen LogP contribution is 2.57. The number of aliphatic hydroxyl groups is 1. The molecule has 70 heavy (non-hydrogen) atoms. The van der Waals surface area contributed by atoms with E-state index >= 15 is 0 Å². The van der Waals surface area contributed by atoms with Crippen molar-refractivity contribution in [2.24, 2.45) is 33.5 Å². The van der Waals surface area contributed by atoms with Crippen LogP contribution in [0.15, 0.2) is 84.9 Å². The van der Waals surface area contributed by atoms with E-state index in [1.165, 1.54) is 0 Å².